The van der Waals surface area contributed by atoms with E-state index in [1.54, 1.807) is 0 Å². The highest BCUT2D eigenvalue weighted by Gasteiger charge is 2.32. The van der Waals surface area contributed by atoms with Crippen molar-refractivity contribution in [2.45, 2.75) is 30.3 Å². The summed E-state index contributed by atoms with van der Waals surface area (Å²) in [5, 5.41) is 0.00849. The normalized spacial score (nSPS) is 22.1. The van der Waals surface area contributed by atoms with E-state index in [-0.39, 0.29) is 9.92 Å². The number of nitrogens with two attached hydrogens (primary N) is 1. The largest absolute Gasteiger partial charge is 0.315 e. The Labute approximate surface area is 111 Å². The lowest BCUT2D eigenvalue weighted by atomic mass is 10.1. The Kier molecular flexibility index (Phi) is 3.91. The molecule has 100 valence electrons. The number of hydrogen-bond acceptors (Lipinski definition) is 3. The van der Waals surface area contributed by atoms with Gasteiger partial charge in [0.1, 0.15) is 10.7 Å². The number of hydrogen-bond donors (Lipinski definition) is 1. The lowest BCUT2D eigenvalue weighted by Crippen LogP contribution is -2.48. The van der Waals surface area contributed by atoms with Gasteiger partial charge in [-0.3, -0.25) is 0 Å². The minimum Gasteiger partial charge on any atom is -0.315 e. The molecule has 0 aromatic heterocycles. The van der Waals surface area contributed by atoms with Gasteiger partial charge in [-0.15, -0.1) is 0 Å². The number of rotatable bonds is 2. The van der Waals surface area contributed by atoms with Gasteiger partial charge in [0.05, 0.1) is 11.2 Å². The van der Waals surface area contributed by atoms with E-state index in [0.29, 0.717) is 13.0 Å². The fraction of sp³-hybridized carbons (Fsp3) is 0.455. The molecule has 18 heavy (non-hydrogen) atoms. The summed E-state index contributed by atoms with van der Waals surface area (Å²) in [7, 11) is -3.83. The summed E-state index contributed by atoms with van der Waals surface area (Å²) in [6.45, 7) is 0.344. The van der Waals surface area contributed by atoms with Crippen molar-refractivity contribution in [3.8, 4) is 0 Å². The van der Waals surface area contributed by atoms with Crippen LogP contribution in [0.2, 0.25) is 5.02 Å². The fourth-order valence-corrected chi connectivity index (χ4v) is 4.10. The second kappa shape index (κ2) is 5.13. The van der Waals surface area contributed by atoms with Crippen LogP contribution in [0.15, 0.2) is 23.1 Å². The molecular weight excluding hydrogens is 279 g/mol. The highest BCUT2D eigenvalue weighted by Crippen LogP contribution is 2.28. The second-order valence-electron chi connectivity index (χ2n) is 4.25. The Morgan fingerprint density at radius 3 is 2.78 bits per heavy atom. The summed E-state index contributed by atoms with van der Waals surface area (Å²) in [5.74, 6) is -0.636. The van der Waals surface area contributed by atoms with Crippen LogP contribution in [0, 0.1) is 5.82 Å². The highest BCUT2D eigenvalue weighted by molar-refractivity contribution is 7.89. The zero-order valence-corrected chi connectivity index (χ0v) is 11.2. The van der Waals surface area contributed by atoms with Crippen LogP contribution in [0.5, 0.6) is 0 Å². The molecule has 0 amide bonds. The molecule has 1 aromatic rings. The molecule has 0 spiro atoms. The van der Waals surface area contributed by atoms with E-state index >= 15 is 0 Å². The molecule has 1 aliphatic heterocycles. The van der Waals surface area contributed by atoms with Crippen molar-refractivity contribution in [1.29, 1.82) is 0 Å². The Bertz CT molecular complexity index is 550. The maximum atomic E-state index is 13.2. The minimum atomic E-state index is -3.83. The molecule has 0 saturated carbocycles. The molecule has 2 N–H and O–H groups in total. The van der Waals surface area contributed by atoms with Crippen molar-refractivity contribution in [2.24, 2.45) is 5.73 Å². The number of nitrogens with zero attached hydrogens (tertiary/aromatic N) is 1. The first-order chi connectivity index (χ1) is 8.43. The van der Waals surface area contributed by atoms with Crippen LogP contribution in [0.25, 0.3) is 0 Å². The predicted molar refractivity (Wildman–Crippen MR) is 67.1 cm³/mol. The van der Waals surface area contributed by atoms with Gasteiger partial charge in [0, 0.05) is 6.54 Å². The van der Waals surface area contributed by atoms with Gasteiger partial charge >= 0.3 is 0 Å². The SMILES string of the molecule is NC1CCCCN1S(=O)(=O)c1cc(F)ccc1Cl. The van der Waals surface area contributed by atoms with Gasteiger partial charge in [-0.2, -0.15) is 4.31 Å². The smallest absolute Gasteiger partial charge is 0.246 e. The molecule has 1 fully saturated rings. The molecule has 4 nitrogen and oxygen atoms in total. The third-order valence-electron chi connectivity index (χ3n) is 2.98. The molecule has 1 atom stereocenters. The van der Waals surface area contributed by atoms with Gasteiger partial charge in [-0.25, -0.2) is 12.8 Å². The second-order valence-corrected chi connectivity index (χ2v) is 6.52. The van der Waals surface area contributed by atoms with Crippen LogP contribution < -0.4 is 5.73 Å². The van der Waals surface area contributed by atoms with Crippen molar-refractivity contribution in [3.63, 3.8) is 0 Å². The van der Waals surface area contributed by atoms with Crippen molar-refractivity contribution in [3.05, 3.63) is 29.0 Å². The van der Waals surface area contributed by atoms with Gasteiger partial charge in [0.15, 0.2) is 0 Å². The minimum absolute atomic E-state index is 0.00849. The standard InChI is InChI=1S/C11H14ClFN2O2S/c12-9-5-4-8(13)7-10(9)18(16,17)15-6-2-1-3-11(15)14/h4-5,7,11H,1-3,6,14H2. The van der Waals surface area contributed by atoms with Crippen LogP contribution in [0.4, 0.5) is 4.39 Å². The van der Waals surface area contributed by atoms with Crippen LogP contribution in [-0.2, 0) is 10.0 Å². The molecule has 1 aromatic carbocycles. The third kappa shape index (κ3) is 2.51. The maximum absolute atomic E-state index is 13.2. The van der Waals surface area contributed by atoms with Gasteiger partial charge in [0.2, 0.25) is 10.0 Å². The number of halogens is 2. The Morgan fingerprint density at radius 1 is 1.39 bits per heavy atom. The molecule has 0 radical (unpaired) electrons. The zero-order chi connectivity index (χ0) is 13.3. The first kappa shape index (κ1) is 13.7. The van der Waals surface area contributed by atoms with Crippen molar-refractivity contribution >= 4 is 21.6 Å². The molecule has 1 aliphatic rings. The Balaban J connectivity index is 2.44. The maximum Gasteiger partial charge on any atom is 0.246 e. The predicted octanol–water partition coefficient (Wildman–Crippen LogP) is 1.94. The van der Waals surface area contributed by atoms with Crippen LogP contribution in [-0.4, -0.2) is 25.4 Å². The van der Waals surface area contributed by atoms with Crippen molar-refractivity contribution in [2.75, 3.05) is 6.54 Å². The van der Waals surface area contributed by atoms with Crippen molar-refractivity contribution in [1.82, 2.24) is 4.31 Å². The first-order valence-electron chi connectivity index (χ1n) is 5.65. The number of benzene rings is 1. The topological polar surface area (TPSA) is 63.4 Å². The van der Waals surface area contributed by atoms with Crippen LogP contribution >= 0.6 is 11.6 Å². The molecule has 0 aliphatic carbocycles. The quantitative estimate of drug-likeness (QED) is 0.906. The summed E-state index contributed by atoms with van der Waals surface area (Å²) in [6.07, 6.45) is 1.68. The first-order valence-corrected chi connectivity index (χ1v) is 7.47. The van der Waals surface area contributed by atoms with E-state index in [4.69, 9.17) is 17.3 Å². The molecular formula is C11H14ClFN2O2S. The van der Waals surface area contributed by atoms with E-state index in [0.717, 1.165) is 25.0 Å². The average Bonchev–Trinajstić information content (AvgIpc) is 2.32. The lowest BCUT2D eigenvalue weighted by Gasteiger charge is -2.32. The van der Waals surface area contributed by atoms with Crippen molar-refractivity contribution < 1.29 is 12.8 Å². The molecule has 0 bridgehead atoms. The van der Waals surface area contributed by atoms with Crippen LogP contribution in [0.3, 0.4) is 0 Å². The van der Waals surface area contributed by atoms with Gasteiger partial charge < -0.3 is 5.73 Å². The number of piperidine rings is 1. The summed E-state index contributed by atoms with van der Waals surface area (Å²) in [4.78, 5) is -0.221. The summed E-state index contributed by atoms with van der Waals surface area (Å²) < 4.78 is 39.1. The van der Waals surface area contributed by atoms with E-state index in [1.165, 1.54) is 10.4 Å². The summed E-state index contributed by atoms with van der Waals surface area (Å²) in [6, 6.07) is 3.29. The van der Waals surface area contributed by atoms with Gasteiger partial charge in [-0.05, 0) is 37.5 Å². The lowest BCUT2D eigenvalue weighted by molar-refractivity contribution is 0.258. The van der Waals surface area contributed by atoms with Gasteiger partial charge in [0.25, 0.3) is 0 Å². The van der Waals surface area contributed by atoms with E-state index < -0.39 is 22.0 Å². The van der Waals surface area contributed by atoms with E-state index in [2.05, 4.69) is 0 Å². The summed E-state index contributed by atoms with van der Waals surface area (Å²) in [5.41, 5.74) is 5.80. The molecule has 7 heteroatoms. The Hall–Kier alpha value is -0.690. The average molecular weight is 293 g/mol. The molecule has 1 unspecified atom stereocenters. The molecule has 1 saturated heterocycles. The fourth-order valence-electron chi connectivity index (χ4n) is 2.03. The zero-order valence-electron chi connectivity index (χ0n) is 9.64. The molecule has 1 heterocycles. The number of sulfonamides is 1. The van der Waals surface area contributed by atoms with Crippen LogP contribution in [0.1, 0.15) is 19.3 Å². The third-order valence-corrected chi connectivity index (χ3v) is 5.38. The highest BCUT2D eigenvalue weighted by atomic mass is 35.5. The van der Waals surface area contributed by atoms with E-state index in [1.807, 2.05) is 0 Å². The Morgan fingerprint density at radius 2 is 2.11 bits per heavy atom. The monoisotopic (exact) mass is 292 g/mol. The molecule has 2 rings (SSSR count). The summed E-state index contributed by atoms with van der Waals surface area (Å²) >= 11 is 5.83. The van der Waals surface area contributed by atoms with E-state index in [9.17, 15) is 12.8 Å². The van der Waals surface area contributed by atoms with Gasteiger partial charge in [-0.1, -0.05) is 11.6 Å².